The molecule has 1 atom stereocenters. The van der Waals surface area contributed by atoms with E-state index in [0.717, 1.165) is 19.1 Å². The lowest BCUT2D eigenvalue weighted by Gasteiger charge is -2.36. The van der Waals surface area contributed by atoms with Gasteiger partial charge in [-0.05, 0) is 61.1 Å². The Morgan fingerprint density at radius 1 is 0.963 bits per heavy atom. The highest BCUT2D eigenvalue weighted by Gasteiger charge is 2.35. The fourth-order valence-corrected chi connectivity index (χ4v) is 5.35. The van der Waals surface area contributed by atoms with Gasteiger partial charge in [0.1, 0.15) is 0 Å². The topological polar surface area (TPSA) is 80.3 Å². The van der Waals surface area contributed by atoms with Crippen LogP contribution >= 0.6 is 11.6 Å². The number of benzene rings is 2. The van der Waals surface area contributed by atoms with Gasteiger partial charge in [-0.2, -0.15) is 0 Å². The minimum atomic E-state index is -3.55. The summed E-state index contributed by atoms with van der Waals surface area (Å²) in [6.45, 7) is 1.60. The molecule has 0 amide bonds. The van der Waals surface area contributed by atoms with Crippen molar-refractivity contribution < 1.29 is 16.8 Å². The number of sulfone groups is 1. The van der Waals surface area contributed by atoms with Gasteiger partial charge in [-0.3, -0.25) is 0 Å². The first kappa shape index (κ1) is 20.3. The smallest absolute Gasteiger partial charge is 0.218 e. The number of sulfonamides is 1. The number of halogens is 1. The molecule has 0 aliphatic heterocycles. The molecule has 0 heterocycles. The molecule has 0 radical (unpaired) electrons. The highest BCUT2D eigenvalue weighted by atomic mass is 35.5. The van der Waals surface area contributed by atoms with Crippen LogP contribution in [-0.2, 0) is 19.9 Å². The Bertz CT molecular complexity index is 1010. The summed E-state index contributed by atoms with van der Waals surface area (Å²) in [7, 11) is -6.86. The van der Waals surface area contributed by atoms with Crippen LogP contribution in [0.1, 0.15) is 42.1 Å². The lowest BCUT2D eigenvalue weighted by Crippen LogP contribution is -2.44. The van der Waals surface area contributed by atoms with Gasteiger partial charge < -0.3 is 0 Å². The quantitative estimate of drug-likeness (QED) is 0.762. The third kappa shape index (κ3) is 4.71. The largest absolute Gasteiger partial charge is 0.224 e. The maximum absolute atomic E-state index is 12.7. The van der Waals surface area contributed by atoms with Crippen LogP contribution in [0.2, 0.25) is 5.02 Å². The molecule has 3 rings (SSSR count). The van der Waals surface area contributed by atoms with E-state index in [0.29, 0.717) is 16.5 Å². The molecular weight excluding hydrogens is 406 g/mol. The van der Waals surface area contributed by atoms with Crippen LogP contribution in [0.4, 0.5) is 0 Å². The molecule has 146 valence electrons. The first-order chi connectivity index (χ1) is 12.6. The zero-order valence-corrected chi connectivity index (χ0v) is 17.5. The summed E-state index contributed by atoms with van der Waals surface area (Å²) in [5.41, 5.74) is 1.72. The van der Waals surface area contributed by atoms with Crippen molar-refractivity contribution in [2.75, 3.05) is 6.26 Å². The molecule has 1 N–H and O–H groups in total. The standard InChI is InChI=1S/C19H22ClNO4S2/c1-13(14-5-9-19(10-6-14)26(2,22)23)27(24,25)21-18-11-16(12-18)15-3-7-17(20)8-4-15/h3-10,13,16,18,21H,11-12H2,1-2H3. The summed E-state index contributed by atoms with van der Waals surface area (Å²) in [6, 6.07) is 13.5. The van der Waals surface area contributed by atoms with E-state index >= 15 is 0 Å². The van der Waals surface area contributed by atoms with Gasteiger partial charge in [-0.25, -0.2) is 21.6 Å². The summed E-state index contributed by atoms with van der Waals surface area (Å²) < 4.78 is 51.2. The summed E-state index contributed by atoms with van der Waals surface area (Å²) in [5, 5.41) is -0.0771. The number of hydrogen-bond donors (Lipinski definition) is 1. The molecule has 1 unspecified atom stereocenters. The molecule has 0 aromatic heterocycles. The molecule has 1 aliphatic rings. The molecule has 1 aliphatic carbocycles. The van der Waals surface area contributed by atoms with Gasteiger partial charge in [-0.15, -0.1) is 0 Å². The van der Waals surface area contributed by atoms with E-state index in [1.165, 1.54) is 17.7 Å². The third-order valence-corrected chi connectivity index (χ3v) is 8.30. The summed E-state index contributed by atoms with van der Waals surface area (Å²) in [4.78, 5) is 0.175. The first-order valence-corrected chi connectivity index (χ1v) is 12.4. The van der Waals surface area contributed by atoms with E-state index in [4.69, 9.17) is 11.6 Å². The van der Waals surface area contributed by atoms with Crippen LogP contribution in [0.25, 0.3) is 0 Å². The Labute approximate surface area is 165 Å². The predicted octanol–water partition coefficient (Wildman–Crippen LogP) is 3.67. The lowest BCUT2D eigenvalue weighted by molar-refractivity contribution is 0.325. The lowest BCUT2D eigenvalue weighted by atomic mass is 9.76. The molecule has 8 heteroatoms. The third-order valence-electron chi connectivity index (χ3n) is 5.05. The number of hydrogen-bond acceptors (Lipinski definition) is 4. The fraction of sp³-hybridized carbons (Fsp3) is 0.368. The molecule has 0 saturated heterocycles. The molecule has 2 aromatic rings. The Balaban J connectivity index is 1.62. The normalized spacial score (nSPS) is 21.4. The molecule has 0 spiro atoms. The Morgan fingerprint density at radius 3 is 2.04 bits per heavy atom. The fourth-order valence-electron chi connectivity index (χ4n) is 3.22. The van der Waals surface area contributed by atoms with Crippen molar-refractivity contribution in [2.24, 2.45) is 0 Å². The van der Waals surface area contributed by atoms with Gasteiger partial charge in [-0.1, -0.05) is 35.9 Å². The second-order valence-electron chi connectivity index (χ2n) is 7.06. The Morgan fingerprint density at radius 2 is 1.52 bits per heavy atom. The second kappa shape index (κ2) is 7.54. The van der Waals surface area contributed by atoms with Gasteiger partial charge in [0.2, 0.25) is 10.0 Å². The van der Waals surface area contributed by atoms with Crippen LogP contribution < -0.4 is 4.72 Å². The van der Waals surface area contributed by atoms with Crippen molar-refractivity contribution in [3.05, 3.63) is 64.7 Å². The summed E-state index contributed by atoms with van der Waals surface area (Å²) in [6.07, 6.45) is 2.62. The highest BCUT2D eigenvalue weighted by molar-refractivity contribution is 7.90. The van der Waals surface area contributed by atoms with E-state index in [-0.39, 0.29) is 10.9 Å². The van der Waals surface area contributed by atoms with Crippen LogP contribution in [-0.4, -0.2) is 29.1 Å². The van der Waals surface area contributed by atoms with Gasteiger partial charge in [0, 0.05) is 17.3 Å². The molecule has 1 saturated carbocycles. The number of nitrogens with one attached hydrogen (secondary N) is 1. The van der Waals surface area contributed by atoms with Crippen molar-refractivity contribution in [1.82, 2.24) is 4.72 Å². The molecule has 0 bridgehead atoms. The Kier molecular flexibility index (Phi) is 5.68. The van der Waals surface area contributed by atoms with E-state index in [9.17, 15) is 16.8 Å². The first-order valence-electron chi connectivity index (χ1n) is 8.63. The molecule has 1 fully saturated rings. The average Bonchev–Trinajstić information content (AvgIpc) is 2.57. The van der Waals surface area contributed by atoms with Crippen molar-refractivity contribution in [1.29, 1.82) is 0 Å². The van der Waals surface area contributed by atoms with E-state index in [1.54, 1.807) is 19.1 Å². The predicted molar refractivity (Wildman–Crippen MR) is 107 cm³/mol. The van der Waals surface area contributed by atoms with Gasteiger partial charge in [0.25, 0.3) is 0 Å². The van der Waals surface area contributed by atoms with Crippen molar-refractivity contribution in [3.8, 4) is 0 Å². The van der Waals surface area contributed by atoms with Crippen molar-refractivity contribution in [3.63, 3.8) is 0 Å². The zero-order valence-electron chi connectivity index (χ0n) is 15.1. The van der Waals surface area contributed by atoms with Crippen LogP contribution in [0.15, 0.2) is 53.4 Å². The monoisotopic (exact) mass is 427 g/mol. The van der Waals surface area contributed by atoms with Crippen molar-refractivity contribution in [2.45, 2.75) is 41.9 Å². The summed E-state index contributed by atoms with van der Waals surface area (Å²) in [5.74, 6) is 0.333. The maximum Gasteiger partial charge on any atom is 0.218 e. The highest BCUT2D eigenvalue weighted by Crippen LogP contribution is 2.38. The maximum atomic E-state index is 12.7. The average molecular weight is 428 g/mol. The summed E-state index contributed by atoms with van der Waals surface area (Å²) >= 11 is 5.90. The SMILES string of the molecule is CC(c1ccc(S(C)(=O)=O)cc1)S(=O)(=O)NC1CC(c2ccc(Cl)cc2)C1. The van der Waals surface area contributed by atoms with Crippen molar-refractivity contribution >= 4 is 31.5 Å². The zero-order chi connectivity index (χ0) is 19.8. The van der Waals surface area contributed by atoms with E-state index < -0.39 is 25.1 Å². The van der Waals surface area contributed by atoms with Crippen LogP contribution in [0.5, 0.6) is 0 Å². The van der Waals surface area contributed by atoms with Crippen LogP contribution in [0.3, 0.4) is 0 Å². The molecule has 27 heavy (non-hydrogen) atoms. The molecular formula is C19H22ClNO4S2. The molecule has 2 aromatic carbocycles. The Hall–Kier alpha value is -1.41. The van der Waals surface area contributed by atoms with Crippen LogP contribution in [0, 0.1) is 0 Å². The minimum absolute atomic E-state index is 0.0894. The van der Waals surface area contributed by atoms with Gasteiger partial charge in [0.05, 0.1) is 10.1 Å². The minimum Gasteiger partial charge on any atom is -0.224 e. The second-order valence-corrected chi connectivity index (χ2v) is 11.5. The molecule has 5 nitrogen and oxygen atoms in total. The van der Waals surface area contributed by atoms with Gasteiger partial charge in [0.15, 0.2) is 9.84 Å². The van der Waals surface area contributed by atoms with E-state index in [1.807, 2.05) is 24.3 Å². The number of rotatable bonds is 6. The van der Waals surface area contributed by atoms with E-state index in [2.05, 4.69) is 4.72 Å². The van der Waals surface area contributed by atoms with Gasteiger partial charge >= 0.3 is 0 Å².